The van der Waals surface area contributed by atoms with Crippen LogP contribution in [0.4, 0.5) is 0 Å². The molecule has 1 saturated heterocycles. The number of carbonyl (C=O) groups is 2. The van der Waals surface area contributed by atoms with Gasteiger partial charge in [-0.05, 0) is 37.3 Å². The zero-order valence-electron chi connectivity index (χ0n) is 12.9. The van der Waals surface area contributed by atoms with Crippen LogP contribution >= 0.6 is 0 Å². The van der Waals surface area contributed by atoms with E-state index in [1.807, 2.05) is 42.3 Å². The highest BCUT2D eigenvalue weighted by Gasteiger charge is 2.56. The summed E-state index contributed by atoms with van der Waals surface area (Å²) >= 11 is 0. The molecule has 1 aliphatic carbocycles. The average Bonchev–Trinajstić information content (AvgIpc) is 3.32. The number of benzene rings is 1. The quantitative estimate of drug-likeness (QED) is 0.592. The van der Waals surface area contributed by atoms with E-state index in [0.29, 0.717) is 13.2 Å². The van der Waals surface area contributed by atoms with Crippen molar-refractivity contribution in [1.82, 2.24) is 9.96 Å². The Labute approximate surface area is 130 Å². The minimum absolute atomic E-state index is 0.0231. The van der Waals surface area contributed by atoms with E-state index in [0.717, 1.165) is 37.5 Å². The van der Waals surface area contributed by atoms with E-state index in [2.05, 4.69) is 0 Å². The summed E-state index contributed by atoms with van der Waals surface area (Å²) in [4.78, 5) is 30.5. The van der Waals surface area contributed by atoms with Crippen molar-refractivity contribution in [3.8, 4) is 0 Å². The molecule has 1 aliphatic heterocycles. The van der Waals surface area contributed by atoms with E-state index in [4.69, 9.17) is 4.84 Å². The highest BCUT2D eigenvalue weighted by atomic mass is 16.7. The third kappa shape index (κ3) is 2.91. The molecule has 1 spiro atoms. The van der Waals surface area contributed by atoms with E-state index in [1.54, 1.807) is 0 Å². The van der Waals surface area contributed by atoms with Crippen LogP contribution in [-0.2, 0) is 21.0 Å². The Balaban J connectivity index is 1.68. The predicted molar refractivity (Wildman–Crippen MR) is 81.7 cm³/mol. The van der Waals surface area contributed by atoms with Crippen LogP contribution in [0.3, 0.4) is 0 Å². The second-order valence-corrected chi connectivity index (χ2v) is 6.45. The minimum atomic E-state index is -0.0404. The molecule has 3 rings (SSSR count). The lowest BCUT2D eigenvalue weighted by molar-refractivity contribution is -0.209. The van der Waals surface area contributed by atoms with Crippen LogP contribution in [0.2, 0.25) is 0 Å². The van der Waals surface area contributed by atoms with E-state index >= 15 is 0 Å². The summed E-state index contributed by atoms with van der Waals surface area (Å²) in [6, 6.07) is 9.80. The van der Waals surface area contributed by atoms with Gasteiger partial charge in [0.25, 0.3) is 0 Å². The van der Waals surface area contributed by atoms with Crippen molar-refractivity contribution in [2.45, 2.75) is 38.0 Å². The van der Waals surface area contributed by atoms with Gasteiger partial charge in [-0.3, -0.25) is 14.5 Å². The molecule has 1 aromatic rings. The predicted octanol–water partition coefficient (Wildman–Crippen LogP) is 1.63. The number of hydroxylamine groups is 2. The lowest BCUT2D eigenvalue weighted by atomic mass is 9.84. The third-order valence-electron chi connectivity index (χ3n) is 5.03. The Morgan fingerprint density at radius 3 is 2.64 bits per heavy atom. The first-order chi connectivity index (χ1) is 10.7. The van der Waals surface area contributed by atoms with Crippen molar-refractivity contribution in [3.05, 3.63) is 35.9 Å². The smallest absolute Gasteiger partial charge is 0.233 e. The van der Waals surface area contributed by atoms with Gasteiger partial charge in [0, 0.05) is 6.54 Å². The molecule has 5 heteroatoms. The first kappa shape index (κ1) is 15.2. The zero-order valence-corrected chi connectivity index (χ0v) is 12.9. The fourth-order valence-electron chi connectivity index (χ4n) is 3.43. The average molecular weight is 302 g/mol. The van der Waals surface area contributed by atoms with Gasteiger partial charge in [0.15, 0.2) is 0 Å². The fourth-order valence-corrected chi connectivity index (χ4v) is 3.43. The normalized spacial score (nSPS) is 26.6. The van der Waals surface area contributed by atoms with E-state index in [1.165, 1.54) is 5.06 Å². The number of likely N-dealkylation sites (tertiary alicyclic amines) is 1. The largest absolute Gasteiger partial charge is 0.302 e. The SMILES string of the molecule is CN1C[C@H](N(C=O)OCc2ccccc2)C2(CC2)C[C@H]1C=O. The lowest BCUT2D eigenvalue weighted by Gasteiger charge is -2.44. The molecule has 1 heterocycles. The van der Waals surface area contributed by atoms with Crippen LogP contribution < -0.4 is 0 Å². The number of amides is 1. The van der Waals surface area contributed by atoms with Crippen LogP contribution in [0.15, 0.2) is 30.3 Å². The molecule has 22 heavy (non-hydrogen) atoms. The monoisotopic (exact) mass is 302 g/mol. The number of likely N-dealkylation sites (N-methyl/N-ethyl adjacent to an activating group) is 1. The van der Waals surface area contributed by atoms with Gasteiger partial charge >= 0.3 is 0 Å². The lowest BCUT2D eigenvalue weighted by Crippen LogP contribution is -2.56. The van der Waals surface area contributed by atoms with Crippen LogP contribution in [0.5, 0.6) is 0 Å². The molecule has 0 aromatic heterocycles. The van der Waals surface area contributed by atoms with E-state index in [9.17, 15) is 9.59 Å². The number of carbonyl (C=O) groups excluding carboxylic acids is 2. The van der Waals surface area contributed by atoms with Crippen LogP contribution in [0, 0.1) is 5.41 Å². The molecule has 0 bridgehead atoms. The van der Waals surface area contributed by atoms with Crippen molar-refractivity contribution in [2.75, 3.05) is 13.6 Å². The number of nitrogens with zero attached hydrogens (tertiary/aromatic N) is 2. The van der Waals surface area contributed by atoms with E-state index in [-0.39, 0.29) is 17.5 Å². The highest BCUT2D eigenvalue weighted by molar-refractivity contribution is 5.58. The van der Waals surface area contributed by atoms with E-state index < -0.39 is 0 Å². The molecule has 1 amide bonds. The molecule has 5 nitrogen and oxygen atoms in total. The zero-order chi connectivity index (χ0) is 15.6. The van der Waals surface area contributed by atoms with Gasteiger partial charge in [0.2, 0.25) is 6.41 Å². The van der Waals surface area contributed by atoms with Crippen LogP contribution in [-0.4, -0.2) is 48.3 Å². The number of rotatable bonds is 6. The van der Waals surface area contributed by atoms with Gasteiger partial charge in [-0.15, -0.1) is 0 Å². The Hall–Kier alpha value is -1.72. The molecular formula is C17H22N2O3. The summed E-state index contributed by atoms with van der Waals surface area (Å²) in [6.45, 7) is 1.06. The molecule has 2 fully saturated rings. The number of piperidine rings is 1. The molecule has 0 radical (unpaired) electrons. The summed E-state index contributed by atoms with van der Waals surface area (Å²) in [6.07, 6.45) is 4.75. The summed E-state index contributed by atoms with van der Waals surface area (Å²) < 4.78 is 0. The Bertz CT molecular complexity index is 530. The van der Waals surface area contributed by atoms with Crippen molar-refractivity contribution in [1.29, 1.82) is 0 Å². The van der Waals surface area contributed by atoms with Crippen LogP contribution in [0.1, 0.15) is 24.8 Å². The second-order valence-electron chi connectivity index (χ2n) is 6.45. The molecule has 2 atom stereocenters. The van der Waals surface area contributed by atoms with Crippen molar-refractivity contribution in [3.63, 3.8) is 0 Å². The van der Waals surface area contributed by atoms with Crippen LogP contribution in [0.25, 0.3) is 0 Å². The molecular weight excluding hydrogens is 280 g/mol. The summed E-state index contributed by atoms with van der Waals surface area (Å²) in [5.74, 6) is 0. The number of hydrogen-bond donors (Lipinski definition) is 0. The Morgan fingerprint density at radius 2 is 2.05 bits per heavy atom. The Kier molecular flexibility index (Phi) is 4.27. The van der Waals surface area contributed by atoms with Gasteiger partial charge in [-0.25, -0.2) is 5.06 Å². The van der Waals surface area contributed by atoms with Gasteiger partial charge < -0.3 is 4.79 Å². The maximum Gasteiger partial charge on any atom is 0.233 e. The molecule has 0 N–H and O–H groups in total. The maximum atomic E-state index is 11.5. The molecule has 1 aromatic carbocycles. The summed E-state index contributed by atoms with van der Waals surface area (Å²) in [5, 5.41) is 1.47. The number of hydrogen-bond acceptors (Lipinski definition) is 4. The minimum Gasteiger partial charge on any atom is -0.302 e. The molecule has 1 saturated carbocycles. The van der Waals surface area contributed by atoms with Gasteiger partial charge in [-0.1, -0.05) is 30.3 Å². The summed E-state index contributed by atoms with van der Waals surface area (Å²) in [5.41, 5.74) is 1.10. The molecule has 2 aliphatic rings. The van der Waals surface area contributed by atoms with Gasteiger partial charge in [0.05, 0.1) is 12.1 Å². The van der Waals surface area contributed by atoms with Crippen molar-refractivity contribution >= 4 is 12.7 Å². The number of aldehydes is 1. The standard InChI is InChI=1S/C17H22N2O3/c1-18-10-16(17(7-8-17)9-15(18)11-20)19(13-21)22-12-14-5-3-2-4-6-14/h2-6,11,13,15-16H,7-10,12H2,1H3/t15-,16-/m0/s1. The first-order valence-electron chi connectivity index (χ1n) is 7.74. The molecule has 118 valence electrons. The van der Waals surface area contributed by atoms with Crippen molar-refractivity contribution in [2.24, 2.45) is 5.41 Å². The first-order valence-corrected chi connectivity index (χ1v) is 7.74. The second kappa shape index (κ2) is 6.18. The van der Waals surface area contributed by atoms with Gasteiger partial charge in [0.1, 0.15) is 12.9 Å². The molecule has 0 unspecified atom stereocenters. The van der Waals surface area contributed by atoms with Crippen molar-refractivity contribution < 1.29 is 14.4 Å². The maximum absolute atomic E-state index is 11.5. The fraction of sp³-hybridized carbons (Fsp3) is 0.529. The highest BCUT2D eigenvalue weighted by Crippen LogP contribution is 2.56. The Morgan fingerprint density at radius 1 is 1.32 bits per heavy atom. The third-order valence-corrected chi connectivity index (χ3v) is 5.03. The summed E-state index contributed by atoms with van der Waals surface area (Å²) in [7, 11) is 1.93. The topological polar surface area (TPSA) is 49.9 Å². The van der Waals surface area contributed by atoms with Gasteiger partial charge in [-0.2, -0.15) is 0 Å².